The van der Waals surface area contributed by atoms with E-state index >= 15 is 0 Å². The summed E-state index contributed by atoms with van der Waals surface area (Å²) in [5.74, 6) is -1.37. The van der Waals surface area contributed by atoms with Gasteiger partial charge in [-0.05, 0) is 54.1 Å². The third-order valence-corrected chi connectivity index (χ3v) is 4.88. The first-order chi connectivity index (χ1) is 14.5. The molecule has 6 heteroatoms. The minimum atomic E-state index is -0.484. The summed E-state index contributed by atoms with van der Waals surface area (Å²) in [6.07, 6.45) is 0. The highest BCUT2D eigenvalue weighted by Gasteiger charge is 2.40. The van der Waals surface area contributed by atoms with E-state index in [1.807, 2.05) is 61.5 Å². The van der Waals surface area contributed by atoms with Gasteiger partial charge in [0.2, 0.25) is 0 Å². The molecule has 0 aromatic heterocycles. The summed E-state index contributed by atoms with van der Waals surface area (Å²) in [7, 11) is 3.89. The van der Waals surface area contributed by atoms with Gasteiger partial charge in [-0.25, -0.2) is 9.29 Å². The van der Waals surface area contributed by atoms with Gasteiger partial charge in [-0.2, -0.15) is 0 Å². The second kappa shape index (κ2) is 7.83. The second-order valence-electron chi connectivity index (χ2n) is 7.10. The smallest absolute Gasteiger partial charge is 0.282 e. The molecule has 1 heterocycles. The first kappa shape index (κ1) is 19.4. The van der Waals surface area contributed by atoms with Crippen molar-refractivity contribution >= 4 is 34.4 Å². The summed E-state index contributed by atoms with van der Waals surface area (Å²) >= 11 is 0. The molecule has 3 aromatic carbocycles. The first-order valence-electron chi connectivity index (χ1n) is 9.44. The number of hydrogen-bond donors (Lipinski definition) is 1. The number of hydrogen-bond acceptors (Lipinski definition) is 4. The Balaban J connectivity index is 1.76. The van der Waals surface area contributed by atoms with Crippen LogP contribution in [0.4, 0.5) is 21.5 Å². The van der Waals surface area contributed by atoms with Crippen LogP contribution in [0.5, 0.6) is 0 Å². The molecule has 0 spiro atoms. The Hall–Kier alpha value is -3.93. The molecule has 0 saturated carbocycles. The van der Waals surface area contributed by atoms with E-state index in [4.69, 9.17) is 0 Å². The molecule has 0 bridgehead atoms. The minimum Gasteiger partial charge on any atom is -0.378 e. The number of carbonyl (C=O) groups excluding carboxylic acids is 2. The SMILES string of the molecule is CN(C)c1ccc(NC2=C(c3ccccc3)C(=O)N(c3ccc(F)cc3)C2=O)cc1. The van der Waals surface area contributed by atoms with Crippen molar-refractivity contribution in [3.63, 3.8) is 0 Å². The maximum atomic E-state index is 13.3. The highest BCUT2D eigenvalue weighted by atomic mass is 19.1. The fraction of sp³-hybridized carbons (Fsp3) is 0.0833. The standard InChI is InChI=1S/C24H20FN3O2/c1-27(2)19-14-10-18(11-15-19)26-22-21(16-6-4-3-5-7-16)23(29)28(24(22)30)20-12-8-17(25)9-13-20/h3-15,26H,1-2H3. The van der Waals surface area contributed by atoms with E-state index < -0.39 is 17.6 Å². The van der Waals surface area contributed by atoms with Crippen LogP contribution < -0.4 is 15.1 Å². The topological polar surface area (TPSA) is 52.7 Å². The van der Waals surface area contributed by atoms with Gasteiger partial charge in [0.25, 0.3) is 11.8 Å². The molecule has 0 saturated heterocycles. The van der Waals surface area contributed by atoms with Crippen LogP contribution >= 0.6 is 0 Å². The van der Waals surface area contributed by atoms with Gasteiger partial charge >= 0.3 is 0 Å². The predicted molar refractivity (Wildman–Crippen MR) is 117 cm³/mol. The number of imide groups is 1. The number of carbonyl (C=O) groups is 2. The molecule has 1 aliphatic rings. The quantitative estimate of drug-likeness (QED) is 0.648. The molecule has 5 nitrogen and oxygen atoms in total. The average molecular weight is 401 g/mol. The van der Waals surface area contributed by atoms with Crippen molar-refractivity contribution in [2.24, 2.45) is 0 Å². The number of halogens is 1. The Labute approximate surface area is 174 Å². The van der Waals surface area contributed by atoms with Gasteiger partial charge in [0.15, 0.2) is 0 Å². The number of benzene rings is 3. The summed E-state index contributed by atoms with van der Waals surface area (Å²) in [6.45, 7) is 0. The summed E-state index contributed by atoms with van der Waals surface area (Å²) in [5, 5.41) is 3.12. The molecule has 4 rings (SSSR count). The van der Waals surface area contributed by atoms with Crippen LogP contribution in [0.3, 0.4) is 0 Å². The third kappa shape index (κ3) is 3.55. The Morgan fingerprint density at radius 2 is 1.43 bits per heavy atom. The normalized spacial score (nSPS) is 13.8. The van der Waals surface area contributed by atoms with Crippen LogP contribution in [0.15, 0.2) is 84.6 Å². The second-order valence-corrected chi connectivity index (χ2v) is 7.10. The Kier molecular flexibility index (Phi) is 5.06. The first-order valence-corrected chi connectivity index (χ1v) is 9.44. The molecular formula is C24H20FN3O2. The van der Waals surface area contributed by atoms with E-state index in [1.165, 1.54) is 24.3 Å². The predicted octanol–water partition coefficient (Wildman–Crippen LogP) is 4.29. The van der Waals surface area contributed by atoms with Gasteiger partial charge in [0.1, 0.15) is 11.5 Å². The number of amides is 2. The van der Waals surface area contributed by atoms with E-state index in [1.54, 1.807) is 12.1 Å². The summed E-state index contributed by atoms with van der Waals surface area (Å²) in [5.41, 5.74) is 3.12. The van der Waals surface area contributed by atoms with E-state index in [0.29, 0.717) is 16.9 Å². The van der Waals surface area contributed by atoms with Crippen molar-refractivity contribution in [1.82, 2.24) is 0 Å². The van der Waals surface area contributed by atoms with Crippen molar-refractivity contribution in [3.05, 3.63) is 95.9 Å². The lowest BCUT2D eigenvalue weighted by molar-refractivity contribution is -0.120. The molecule has 30 heavy (non-hydrogen) atoms. The Morgan fingerprint density at radius 1 is 0.800 bits per heavy atom. The molecule has 1 aliphatic heterocycles. The largest absolute Gasteiger partial charge is 0.378 e. The zero-order valence-electron chi connectivity index (χ0n) is 16.6. The Morgan fingerprint density at radius 3 is 2.03 bits per heavy atom. The molecule has 0 aliphatic carbocycles. The third-order valence-electron chi connectivity index (χ3n) is 4.88. The molecule has 0 atom stereocenters. The zero-order chi connectivity index (χ0) is 21.3. The number of nitrogens with zero attached hydrogens (tertiary/aromatic N) is 2. The summed E-state index contributed by atoms with van der Waals surface area (Å²) < 4.78 is 13.3. The zero-order valence-corrected chi connectivity index (χ0v) is 16.6. The van der Waals surface area contributed by atoms with Gasteiger partial charge in [-0.1, -0.05) is 30.3 Å². The lowest BCUT2D eigenvalue weighted by atomic mass is 10.0. The van der Waals surface area contributed by atoms with Gasteiger partial charge in [0, 0.05) is 25.5 Å². The van der Waals surface area contributed by atoms with Crippen molar-refractivity contribution < 1.29 is 14.0 Å². The Bertz CT molecular complexity index is 1120. The van der Waals surface area contributed by atoms with Crippen molar-refractivity contribution in [1.29, 1.82) is 0 Å². The monoisotopic (exact) mass is 401 g/mol. The van der Waals surface area contributed by atoms with E-state index in [9.17, 15) is 14.0 Å². The summed E-state index contributed by atoms with van der Waals surface area (Å²) in [6, 6.07) is 21.9. The van der Waals surface area contributed by atoms with Crippen molar-refractivity contribution in [3.8, 4) is 0 Å². The van der Waals surface area contributed by atoms with E-state index in [0.717, 1.165) is 10.6 Å². The van der Waals surface area contributed by atoms with Gasteiger partial charge in [-0.3, -0.25) is 9.59 Å². The molecule has 3 aromatic rings. The minimum absolute atomic E-state index is 0.188. The molecule has 0 fully saturated rings. The molecule has 1 N–H and O–H groups in total. The van der Waals surface area contributed by atoms with E-state index in [2.05, 4.69) is 5.32 Å². The van der Waals surface area contributed by atoms with Crippen LogP contribution in [0.1, 0.15) is 5.56 Å². The maximum Gasteiger partial charge on any atom is 0.282 e. The van der Waals surface area contributed by atoms with Gasteiger partial charge in [-0.15, -0.1) is 0 Å². The van der Waals surface area contributed by atoms with Crippen molar-refractivity contribution in [2.75, 3.05) is 29.2 Å². The van der Waals surface area contributed by atoms with Crippen LogP contribution in [0, 0.1) is 5.82 Å². The van der Waals surface area contributed by atoms with Crippen LogP contribution in [0.2, 0.25) is 0 Å². The molecule has 150 valence electrons. The number of nitrogens with one attached hydrogen (secondary N) is 1. The van der Waals surface area contributed by atoms with Crippen LogP contribution in [-0.4, -0.2) is 25.9 Å². The number of anilines is 3. The number of rotatable bonds is 5. The molecular weight excluding hydrogens is 381 g/mol. The average Bonchev–Trinajstić information content (AvgIpc) is 2.99. The highest BCUT2D eigenvalue weighted by Crippen LogP contribution is 2.34. The fourth-order valence-electron chi connectivity index (χ4n) is 3.33. The lowest BCUT2D eigenvalue weighted by Gasteiger charge is -2.16. The van der Waals surface area contributed by atoms with Crippen LogP contribution in [-0.2, 0) is 9.59 Å². The van der Waals surface area contributed by atoms with Crippen LogP contribution in [0.25, 0.3) is 5.57 Å². The maximum absolute atomic E-state index is 13.3. The van der Waals surface area contributed by atoms with Gasteiger partial charge in [0.05, 0.1) is 11.3 Å². The molecule has 0 unspecified atom stereocenters. The van der Waals surface area contributed by atoms with Crippen molar-refractivity contribution in [2.45, 2.75) is 0 Å². The highest BCUT2D eigenvalue weighted by molar-refractivity contribution is 6.46. The lowest BCUT2D eigenvalue weighted by Crippen LogP contribution is -2.32. The van der Waals surface area contributed by atoms with E-state index in [-0.39, 0.29) is 11.3 Å². The molecule has 0 radical (unpaired) electrons. The summed E-state index contributed by atoms with van der Waals surface area (Å²) in [4.78, 5) is 29.5. The fourth-order valence-corrected chi connectivity index (χ4v) is 3.33. The molecule has 2 amide bonds. The van der Waals surface area contributed by atoms with Gasteiger partial charge < -0.3 is 10.2 Å².